The molecule has 0 fully saturated rings. The van der Waals surface area contributed by atoms with Crippen molar-refractivity contribution < 1.29 is 23.9 Å². The number of ether oxygens (including phenoxy) is 2. The van der Waals surface area contributed by atoms with Gasteiger partial charge in [-0.1, -0.05) is 29.4 Å². The first kappa shape index (κ1) is 18.4. The monoisotopic (exact) mass is 368 g/mol. The average Bonchev–Trinajstić information content (AvgIpc) is 3.15. The molecule has 3 aromatic rings. The van der Waals surface area contributed by atoms with E-state index in [9.17, 15) is 4.79 Å². The maximum atomic E-state index is 10.6. The van der Waals surface area contributed by atoms with E-state index in [-0.39, 0.29) is 13.0 Å². The Balaban J connectivity index is 1.61. The van der Waals surface area contributed by atoms with E-state index in [1.165, 1.54) is 0 Å². The summed E-state index contributed by atoms with van der Waals surface area (Å²) in [7, 11) is 0. The molecule has 0 bridgehead atoms. The molecule has 7 nitrogen and oxygen atoms in total. The Hall–Kier alpha value is -3.35. The first-order chi connectivity index (χ1) is 13.2. The van der Waals surface area contributed by atoms with Crippen LogP contribution in [0.4, 0.5) is 0 Å². The first-order valence-corrected chi connectivity index (χ1v) is 8.64. The second-order valence-corrected chi connectivity index (χ2v) is 5.77. The van der Waals surface area contributed by atoms with Gasteiger partial charge in [-0.25, -0.2) is 0 Å². The summed E-state index contributed by atoms with van der Waals surface area (Å²) in [5, 5.41) is 12.7. The third-order valence-corrected chi connectivity index (χ3v) is 3.81. The Morgan fingerprint density at radius 1 is 1.11 bits per heavy atom. The molecule has 1 N–H and O–H groups in total. The fourth-order valence-electron chi connectivity index (χ4n) is 2.50. The van der Waals surface area contributed by atoms with Crippen LogP contribution in [0.15, 0.2) is 53.1 Å². The van der Waals surface area contributed by atoms with E-state index in [0.29, 0.717) is 36.2 Å². The van der Waals surface area contributed by atoms with Crippen LogP contribution in [0, 0.1) is 0 Å². The van der Waals surface area contributed by atoms with E-state index >= 15 is 0 Å². The van der Waals surface area contributed by atoms with Crippen LogP contribution in [0.1, 0.15) is 24.8 Å². The minimum Gasteiger partial charge on any atom is -0.493 e. The van der Waals surface area contributed by atoms with Gasteiger partial charge in [0.15, 0.2) is 6.61 Å². The summed E-state index contributed by atoms with van der Waals surface area (Å²) in [6, 6.07) is 14.8. The smallest absolute Gasteiger partial charge is 0.303 e. The van der Waals surface area contributed by atoms with E-state index in [4.69, 9.17) is 19.1 Å². The number of carboxylic acids is 1. The Morgan fingerprint density at radius 2 is 1.89 bits per heavy atom. The van der Waals surface area contributed by atoms with Crippen LogP contribution < -0.4 is 9.47 Å². The standard InChI is InChI=1S/C20H20N2O5/c1-2-25-17-6-4-3-5-16(17)20-21-18(27-22-20)13-26-15-10-7-14(8-11-15)9-12-19(23)24/h3-8,10-11H,2,9,12-13H2,1H3,(H,23,24). The fraction of sp³-hybridized carbons (Fsp3) is 0.250. The lowest BCUT2D eigenvalue weighted by Gasteiger charge is -2.06. The van der Waals surface area contributed by atoms with E-state index < -0.39 is 5.97 Å². The Kier molecular flexibility index (Phi) is 6.04. The molecule has 0 spiro atoms. The van der Waals surface area contributed by atoms with Gasteiger partial charge in [0.05, 0.1) is 12.2 Å². The molecule has 1 aromatic heterocycles. The molecule has 3 rings (SSSR count). The highest BCUT2D eigenvalue weighted by Crippen LogP contribution is 2.27. The summed E-state index contributed by atoms with van der Waals surface area (Å²) in [5.41, 5.74) is 1.70. The summed E-state index contributed by atoms with van der Waals surface area (Å²) in [6.07, 6.45) is 0.593. The molecule has 0 saturated carbocycles. The van der Waals surface area contributed by atoms with Gasteiger partial charge in [0.25, 0.3) is 5.89 Å². The molecule has 0 aliphatic heterocycles. The molecule has 0 aliphatic rings. The molecule has 0 unspecified atom stereocenters. The Morgan fingerprint density at radius 3 is 2.63 bits per heavy atom. The highest BCUT2D eigenvalue weighted by atomic mass is 16.5. The van der Waals surface area contributed by atoms with E-state index in [1.807, 2.05) is 43.3 Å². The molecule has 0 saturated heterocycles. The lowest BCUT2D eigenvalue weighted by molar-refractivity contribution is -0.136. The SMILES string of the molecule is CCOc1ccccc1-c1noc(COc2ccc(CCC(=O)O)cc2)n1. The van der Waals surface area contributed by atoms with Gasteiger partial charge in [-0.3, -0.25) is 4.79 Å². The summed E-state index contributed by atoms with van der Waals surface area (Å²) >= 11 is 0. The molecular weight excluding hydrogens is 348 g/mol. The molecule has 0 radical (unpaired) electrons. The van der Waals surface area contributed by atoms with Crippen molar-refractivity contribution in [2.45, 2.75) is 26.4 Å². The summed E-state index contributed by atoms with van der Waals surface area (Å²) in [6.45, 7) is 2.60. The van der Waals surface area contributed by atoms with Gasteiger partial charge in [0, 0.05) is 6.42 Å². The predicted molar refractivity (Wildman–Crippen MR) is 97.6 cm³/mol. The molecule has 1 heterocycles. The molecule has 27 heavy (non-hydrogen) atoms. The van der Waals surface area contributed by atoms with Gasteiger partial charge in [-0.05, 0) is 43.2 Å². The second-order valence-electron chi connectivity index (χ2n) is 5.77. The minimum atomic E-state index is -0.812. The summed E-state index contributed by atoms with van der Waals surface area (Å²) < 4.78 is 16.5. The van der Waals surface area contributed by atoms with Crippen molar-refractivity contribution in [1.82, 2.24) is 10.1 Å². The molecule has 0 atom stereocenters. The topological polar surface area (TPSA) is 94.7 Å². The Labute approximate surface area is 156 Å². The fourth-order valence-corrected chi connectivity index (χ4v) is 2.50. The molecule has 0 amide bonds. The van der Waals surface area contributed by atoms with Crippen LogP contribution in [-0.2, 0) is 17.8 Å². The average molecular weight is 368 g/mol. The second kappa shape index (κ2) is 8.84. The number of benzene rings is 2. The number of nitrogens with zero attached hydrogens (tertiary/aromatic N) is 2. The number of para-hydroxylation sites is 1. The van der Waals surface area contributed by atoms with Crippen LogP contribution in [0.2, 0.25) is 0 Å². The van der Waals surface area contributed by atoms with Crippen molar-refractivity contribution in [1.29, 1.82) is 0 Å². The first-order valence-electron chi connectivity index (χ1n) is 8.64. The minimum absolute atomic E-state index is 0.105. The molecule has 140 valence electrons. The van der Waals surface area contributed by atoms with Gasteiger partial charge >= 0.3 is 5.97 Å². The maximum absolute atomic E-state index is 10.6. The number of carbonyl (C=O) groups is 1. The van der Waals surface area contributed by atoms with Crippen molar-refractivity contribution in [3.05, 3.63) is 60.0 Å². The third-order valence-electron chi connectivity index (χ3n) is 3.81. The number of aryl methyl sites for hydroxylation is 1. The van der Waals surface area contributed by atoms with Crippen LogP contribution in [0.5, 0.6) is 11.5 Å². The molecule has 2 aromatic carbocycles. The zero-order valence-electron chi connectivity index (χ0n) is 14.9. The highest BCUT2D eigenvalue weighted by Gasteiger charge is 2.13. The summed E-state index contributed by atoms with van der Waals surface area (Å²) in [4.78, 5) is 15.0. The number of aromatic nitrogens is 2. The zero-order chi connectivity index (χ0) is 19.1. The van der Waals surface area contributed by atoms with Crippen molar-refractivity contribution in [2.24, 2.45) is 0 Å². The van der Waals surface area contributed by atoms with Crippen molar-refractivity contribution in [3.63, 3.8) is 0 Å². The third kappa shape index (κ3) is 5.07. The van der Waals surface area contributed by atoms with Gasteiger partial charge in [0.2, 0.25) is 5.82 Å². The van der Waals surface area contributed by atoms with E-state index in [0.717, 1.165) is 11.1 Å². The van der Waals surface area contributed by atoms with Crippen LogP contribution in [-0.4, -0.2) is 27.8 Å². The van der Waals surface area contributed by atoms with Crippen LogP contribution in [0.3, 0.4) is 0 Å². The lowest BCUT2D eigenvalue weighted by Crippen LogP contribution is -1.98. The van der Waals surface area contributed by atoms with Crippen LogP contribution in [0.25, 0.3) is 11.4 Å². The predicted octanol–water partition coefficient (Wildman–Crippen LogP) is 3.73. The van der Waals surface area contributed by atoms with E-state index in [1.54, 1.807) is 12.1 Å². The number of aliphatic carboxylic acids is 1. The van der Waals surface area contributed by atoms with Crippen LogP contribution >= 0.6 is 0 Å². The number of hydrogen-bond donors (Lipinski definition) is 1. The normalized spacial score (nSPS) is 10.6. The largest absolute Gasteiger partial charge is 0.493 e. The molecular formula is C20H20N2O5. The van der Waals surface area contributed by atoms with Crippen molar-refractivity contribution in [2.75, 3.05) is 6.61 Å². The highest BCUT2D eigenvalue weighted by molar-refractivity contribution is 5.67. The molecule has 0 aliphatic carbocycles. The van der Waals surface area contributed by atoms with Gasteiger partial charge in [-0.15, -0.1) is 0 Å². The number of hydrogen-bond acceptors (Lipinski definition) is 6. The number of rotatable bonds is 9. The Bertz CT molecular complexity index is 889. The zero-order valence-corrected chi connectivity index (χ0v) is 14.9. The number of carboxylic acid groups (broad SMARTS) is 1. The molecule has 7 heteroatoms. The van der Waals surface area contributed by atoms with Crippen molar-refractivity contribution >= 4 is 5.97 Å². The van der Waals surface area contributed by atoms with Crippen molar-refractivity contribution in [3.8, 4) is 22.9 Å². The summed E-state index contributed by atoms with van der Waals surface area (Å²) in [5.74, 6) is 1.33. The van der Waals surface area contributed by atoms with E-state index in [2.05, 4.69) is 10.1 Å². The lowest BCUT2D eigenvalue weighted by atomic mass is 10.1. The quantitative estimate of drug-likeness (QED) is 0.615. The van der Waals surface area contributed by atoms with Gasteiger partial charge < -0.3 is 19.1 Å². The maximum Gasteiger partial charge on any atom is 0.303 e. The van der Waals surface area contributed by atoms with Gasteiger partial charge in [-0.2, -0.15) is 4.98 Å². The van der Waals surface area contributed by atoms with Gasteiger partial charge in [0.1, 0.15) is 11.5 Å².